The van der Waals surface area contributed by atoms with Gasteiger partial charge in [0.05, 0.1) is 19.5 Å². The van der Waals surface area contributed by atoms with Crippen LogP contribution in [0.4, 0.5) is 5.95 Å². The molecule has 0 spiro atoms. The summed E-state index contributed by atoms with van der Waals surface area (Å²) < 4.78 is 7.25. The number of aliphatic hydroxyl groups excluding tert-OH is 3. The van der Waals surface area contributed by atoms with E-state index in [0.717, 1.165) is 0 Å². The normalized spacial score (nSPS) is 14.8. The number of imidazole rings is 1. The number of nitrogens with zero attached hydrogens (tertiary/aromatic N) is 4. The Morgan fingerprint density at radius 1 is 1.34 bits per heavy atom. The Hall–Kier alpha value is -2.45. The van der Waals surface area contributed by atoms with Crippen molar-refractivity contribution in [3.63, 3.8) is 0 Å². The molecule has 0 saturated carbocycles. The molecular formula is C16H26N8O4S. The second kappa shape index (κ2) is 10.9. The SMILES string of the molecule is CC(O[C@H](CO)[C@H](O)CO)n1cnc2c(S)nc(NC/C=C/CNC(=N)N)nc21. The van der Waals surface area contributed by atoms with Gasteiger partial charge in [-0.3, -0.25) is 9.98 Å². The lowest BCUT2D eigenvalue weighted by Crippen LogP contribution is -2.36. The summed E-state index contributed by atoms with van der Waals surface area (Å²) in [6.07, 6.45) is 2.32. The first-order chi connectivity index (χ1) is 13.9. The van der Waals surface area contributed by atoms with Crippen molar-refractivity contribution in [2.24, 2.45) is 5.73 Å². The molecule has 0 radical (unpaired) electrons. The van der Waals surface area contributed by atoms with Gasteiger partial charge in [0.15, 0.2) is 11.6 Å². The van der Waals surface area contributed by atoms with Gasteiger partial charge in [-0.2, -0.15) is 4.98 Å². The van der Waals surface area contributed by atoms with Gasteiger partial charge in [-0.15, -0.1) is 12.6 Å². The molecule has 2 rings (SSSR count). The summed E-state index contributed by atoms with van der Waals surface area (Å²) in [5, 5.41) is 41.3. The number of ether oxygens (including phenoxy) is 1. The summed E-state index contributed by atoms with van der Waals surface area (Å²) in [5.41, 5.74) is 6.12. The van der Waals surface area contributed by atoms with Crippen molar-refractivity contribution in [3.8, 4) is 0 Å². The van der Waals surface area contributed by atoms with Crippen molar-refractivity contribution in [1.29, 1.82) is 5.41 Å². The van der Waals surface area contributed by atoms with Gasteiger partial charge in [0.25, 0.3) is 0 Å². The van der Waals surface area contributed by atoms with E-state index in [2.05, 4.69) is 38.2 Å². The maximum Gasteiger partial charge on any atom is 0.226 e. The van der Waals surface area contributed by atoms with Gasteiger partial charge in [-0.1, -0.05) is 12.2 Å². The molecule has 1 unspecified atom stereocenters. The number of nitrogens with two attached hydrogens (primary N) is 1. The highest BCUT2D eigenvalue weighted by atomic mass is 32.1. The van der Waals surface area contributed by atoms with Crippen LogP contribution in [-0.4, -0.2) is 79.3 Å². The molecule has 0 aromatic carbocycles. The molecule has 12 nitrogen and oxygen atoms in total. The van der Waals surface area contributed by atoms with Crippen molar-refractivity contribution in [3.05, 3.63) is 18.5 Å². The van der Waals surface area contributed by atoms with Crippen molar-refractivity contribution in [2.75, 3.05) is 31.6 Å². The van der Waals surface area contributed by atoms with Crippen LogP contribution >= 0.6 is 12.6 Å². The third-order valence-electron chi connectivity index (χ3n) is 3.92. The molecule has 29 heavy (non-hydrogen) atoms. The molecule has 0 amide bonds. The molecule has 2 aromatic rings. The van der Waals surface area contributed by atoms with Gasteiger partial charge in [0.2, 0.25) is 5.95 Å². The topological polar surface area (TPSA) is 187 Å². The van der Waals surface area contributed by atoms with Crippen molar-refractivity contribution >= 4 is 35.7 Å². The highest BCUT2D eigenvalue weighted by molar-refractivity contribution is 7.80. The standard InChI is InChI=1S/C16H26N8O4S/c1-9(28-11(7-26)10(27)6-25)24-8-21-12-13(24)22-16(23-14(12)29)20-5-3-2-4-19-15(17)18/h2-3,8-11,25-27H,4-7H2,1H3,(H4,17,18,19)(H2,20,22,23,29)/b3-2+/t9?,10-,11-/m1/s1. The molecule has 0 aliphatic heterocycles. The first-order valence-corrected chi connectivity index (χ1v) is 9.27. The number of hydrogen-bond acceptors (Lipinski definition) is 10. The van der Waals surface area contributed by atoms with E-state index in [1.165, 1.54) is 6.33 Å². The van der Waals surface area contributed by atoms with Crippen LogP contribution in [0.1, 0.15) is 13.2 Å². The molecule has 0 fully saturated rings. The second-order valence-electron chi connectivity index (χ2n) is 6.05. The average Bonchev–Trinajstić information content (AvgIpc) is 3.12. The minimum absolute atomic E-state index is 0.101. The van der Waals surface area contributed by atoms with Gasteiger partial charge in [-0.25, -0.2) is 9.97 Å². The van der Waals surface area contributed by atoms with E-state index in [1.807, 2.05) is 6.08 Å². The summed E-state index contributed by atoms with van der Waals surface area (Å²) >= 11 is 4.35. The summed E-state index contributed by atoms with van der Waals surface area (Å²) in [6, 6.07) is 0. The Morgan fingerprint density at radius 3 is 2.72 bits per heavy atom. The van der Waals surface area contributed by atoms with Crippen LogP contribution in [0.25, 0.3) is 11.2 Å². The predicted octanol–water partition coefficient (Wildman–Crippen LogP) is -1.18. The monoisotopic (exact) mass is 426 g/mol. The van der Waals surface area contributed by atoms with Crippen LogP contribution in [-0.2, 0) is 4.74 Å². The maximum absolute atomic E-state index is 9.72. The van der Waals surface area contributed by atoms with Crippen molar-refractivity contribution in [1.82, 2.24) is 24.8 Å². The lowest BCUT2D eigenvalue weighted by atomic mass is 10.2. The summed E-state index contributed by atoms with van der Waals surface area (Å²) in [7, 11) is 0. The molecule has 2 aromatic heterocycles. The van der Waals surface area contributed by atoms with Gasteiger partial charge in [-0.05, 0) is 6.92 Å². The van der Waals surface area contributed by atoms with Crippen LogP contribution in [0.2, 0.25) is 0 Å². The van der Waals surface area contributed by atoms with Gasteiger partial charge in [0.1, 0.15) is 29.0 Å². The van der Waals surface area contributed by atoms with Gasteiger partial charge < -0.3 is 36.4 Å². The molecule has 8 N–H and O–H groups in total. The molecule has 0 bridgehead atoms. The maximum atomic E-state index is 9.72. The van der Waals surface area contributed by atoms with Crippen LogP contribution in [0.15, 0.2) is 23.5 Å². The van der Waals surface area contributed by atoms with E-state index in [-0.39, 0.29) is 5.96 Å². The van der Waals surface area contributed by atoms with Crippen molar-refractivity contribution < 1.29 is 20.1 Å². The van der Waals surface area contributed by atoms with Crippen LogP contribution < -0.4 is 16.4 Å². The van der Waals surface area contributed by atoms with E-state index in [9.17, 15) is 10.2 Å². The fourth-order valence-corrected chi connectivity index (χ4v) is 2.68. The first-order valence-electron chi connectivity index (χ1n) is 8.82. The van der Waals surface area contributed by atoms with E-state index in [0.29, 0.717) is 35.2 Å². The lowest BCUT2D eigenvalue weighted by molar-refractivity contribution is -0.125. The predicted molar refractivity (Wildman–Crippen MR) is 110 cm³/mol. The van der Waals surface area contributed by atoms with Gasteiger partial charge >= 0.3 is 0 Å². The highest BCUT2D eigenvalue weighted by Crippen LogP contribution is 2.23. The first kappa shape index (κ1) is 22.8. The molecule has 3 atom stereocenters. The highest BCUT2D eigenvalue weighted by Gasteiger charge is 2.23. The van der Waals surface area contributed by atoms with E-state index < -0.39 is 31.6 Å². The molecule has 0 saturated heterocycles. The number of aliphatic hydroxyl groups is 3. The van der Waals surface area contributed by atoms with Crippen molar-refractivity contribution in [2.45, 2.75) is 30.4 Å². The van der Waals surface area contributed by atoms with E-state index in [1.54, 1.807) is 17.6 Å². The number of nitrogens with one attached hydrogen (secondary N) is 3. The number of guanidine groups is 1. The minimum Gasteiger partial charge on any atom is -0.394 e. The fraction of sp³-hybridized carbons (Fsp3) is 0.500. The summed E-state index contributed by atoms with van der Waals surface area (Å²) in [6.45, 7) is 1.58. The minimum atomic E-state index is -1.21. The molecule has 160 valence electrons. The number of fused-ring (bicyclic) bond motifs is 1. The quantitative estimate of drug-likeness (QED) is 0.0714. The lowest BCUT2D eigenvalue weighted by Gasteiger charge is -2.24. The Morgan fingerprint density at radius 2 is 2.07 bits per heavy atom. The largest absolute Gasteiger partial charge is 0.394 e. The number of rotatable bonds is 11. The Kier molecular flexibility index (Phi) is 8.60. The van der Waals surface area contributed by atoms with E-state index in [4.69, 9.17) is 21.0 Å². The zero-order chi connectivity index (χ0) is 21.4. The average molecular weight is 427 g/mol. The number of thiol groups is 1. The summed E-state index contributed by atoms with van der Waals surface area (Å²) in [5.74, 6) is 0.227. The molecule has 2 heterocycles. The third-order valence-corrected chi connectivity index (χ3v) is 4.23. The zero-order valence-corrected chi connectivity index (χ0v) is 16.8. The third kappa shape index (κ3) is 6.27. The van der Waals surface area contributed by atoms with Crippen LogP contribution in [0.5, 0.6) is 0 Å². The second-order valence-corrected chi connectivity index (χ2v) is 6.47. The molecule has 0 aliphatic carbocycles. The molecule has 0 aliphatic rings. The number of hydrogen-bond donors (Lipinski definition) is 8. The Labute approximate surface area is 172 Å². The molecule has 13 heteroatoms. The zero-order valence-electron chi connectivity index (χ0n) is 15.9. The molecular weight excluding hydrogens is 400 g/mol. The van der Waals surface area contributed by atoms with Crippen LogP contribution in [0.3, 0.4) is 0 Å². The Balaban J connectivity index is 2.12. The number of anilines is 1. The smallest absolute Gasteiger partial charge is 0.226 e. The number of aromatic nitrogens is 4. The fourth-order valence-electron chi connectivity index (χ4n) is 2.42. The van der Waals surface area contributed by atoms with Gasteiger partial charge in [0, 0.05) is 13.1 Å². The Bertz CT molecular complexity index is 846. The van der Waals surface area contributed by atoms with Crippen LogP contribution in [0, 0.1) is 5.41 Å². The summed E-state index contributed by atoms with van der Waals surface area (Å²) in [4.78, 5) is 12.9. The van der Waals surface area contributed by atoms with E-state index >= 15 is 0 Å².